The average Bonchev–Trinajstić information content (AvgIpc) is 2.25. The molecule has 82 valence electrons. The number of benzene rings is 1. The maximum Gasteiger partial charge on any atom is 0.123 e. The van der Waals surface area contributed by atoms with Gasteiger partial charge >= 0.3 is 0 Å². The molecule has 2 N–H and O–H groups in total. The Balaban J connectivity index is 1.89. The first-order chi connectivity index (χ1) is 7.24. The highest BCUT2D eigenvalue weighted by Gasteiger charge is 2.17. The van der Waals surface area contributed by atoms with Gasteiger partial charge in [0.25, 0.3) is 0 Å². The van der Waals surface area contributed by atoms with Crippen LogP contribution in [-0.2, 0) is 6.42 Å². The van der Waals surface area contributed by atoms with Gasteiger partial charge in [0, 0.05) is 13.1 Å². The lowest BCUT2D eigenvalue weighted by molar-refractivity contribution is 0.187. The number of piperidine rings is 1. The van der Waals surface area contributed by atoms with Gasteiger partial charge in [-0.3, -0.25) is 5.84 Å². The Morgan fingerprint density at radius 3 is 2.40 bits per heavy atom. The molecule has 2 rings (SSSR count). The Morgan fingerprint density at radius 1 is 1.20 bits per heavy atom. The Bertz CT molecular complexity index is 302. The topological polar surface area (TPSA) is 29.3 Å². The van der Waals surface area contributed by atoms with Crippen LogP contribution in [-0.4, -0.2) is 18.1 Å². The van der Waals surface area contributed by atoms with Gasteiger partial charge in [-0.25, -0.2) is 9.40 Å². The summed E-state index contributed by atoms with van der Waals surface area (Å²) in [5, 5.41) is 1.88. The number of hydrazine groups is 1. The summed E-state index contributed by atoms with van der Waals surface area (Å²) < 4.78 is 12.7. The fraction of sp³-hybridized carbons (Fsp3) is 0.500. The third kappa shape index (κ3) is 3.01. The summed E-state index contributed by atoms with van der Waals surface area (Å²) in [6.45, 7) is 1.96. The Labute approximate surface area is 89.9 Å². The molecule has 1 aromatic rings. The Morgan fingerprint density at radius 2 is 1.80 bits per heavy atom. The number of rotatable bonds is 2. The molecule has 0 aromatic heterocycles. The van der Waals surface area contributed by atoms with Crippen LogP contribution in [0.15, 0.2) is 24.3 Å². The molecule has 0 aliphatic carbocycles. The van der Waals surface area contributed by atoms with Crippen molar-refractivity contribution in [1.82, 2.24) is 5.01 Å². The molecule has 0 atom stereocenters. The second-order valence-electron chi connectivity index (χ2n) is 4.31. The third-order valence-electron chi connectivity index (χ3n) is 3.09. The molecule has 1 heterocycles. The zero-order chi connectivity index (χ0) is 10.7. The number of hydrogen-bond acceptors (Lipinski definition) is 2. The molecule has 1 aliphatic rings. The summed E-state index contributed by atoms with van der Waals surface area (Å²) in [7, 11) is 0. The molecule has 0 bridgehead atoms. The van der Waals surface area contributed by atoms with E-state index in [-0.39, 0.29) is 5.82 Å². The van der Waals surface area contributed by atoms with Crippen molar-refractivity contribution < 1.29 is 4.39 Å². The second-order valence-corrected chi connectivity index (χ2v) is 4.31. The van der Waals surface area contributed by atoms with Crippen LogP contribution in [0.5, 0.6) is 0 Å². The monoisotopic (exact) mass is 208 g/mol. The quantitative estimate of drug-likeness (QED) is 0.753. The molecule has 0 saturated carbocycles. The zero-order valence-electron chi connectivity index (χ0n) is 8.82. The highest BCUT2D eigenvalue weighted by molar-refractivity contribution is 5.16. The van der Waals surface area contributed by atoms with Crippen molar-refractivity contribution in [3.8, 4) is 0 Å². The maximum atomic E-state index is 12.7. The van der Waals surface area contributed by atoms with Gasteiger partial charge in [-0.15, -0.1) is 0 Å². The minimum absolute atomic E-state index is 0.157. The van der Waals surface area contributed by atoms with Crippen LogP contribution in [0.3, 0.4) is 0 Å². The van der Waals surface area contributed by atoms with Crippen molar-refractivity contribution >= 4 is 0 Å². The lowest BCUT2D eigenvalue weighted by atomic mass is 9.91. The highest BCUT2D eigenvalue weighted by atomic mass is 19.1. The summed E-state index contributed by atoms with van der Waals surface area (Å²) in [4.78, 5) is 0. The highest BCUT2D eigenvalue weighted by Crippen LogP contribution is 2.20. The molecule has 0 unspecified atom stereocenters. The lowest BCUT2D eigenvalue weighted by Gasteiger charge is -2.28. The molecule has 1 fully saturated rings. The summed E-state index contributed by atoms with van der Waals surface area (Å²) >= 11 is 0. The lowest BCUT2D eigenvalue weighted by Crippen LogP contribution is -2.39. The van der Waals surface area contributed by atoms with Crippen LogP contribution < -0.4 is 5.84 Å². The molecule has 1 saturated heterocycles. The summed E-state index contributed by atoms with van der Waals surface area (Å²) in [6.07, 6.45) is 3.34. The maximum absolute atomic E-state index is 12.7. The Hall–Kier alpha value is -0.930. The molecule has 0 amide bonds. The smallest absolute Gasteiger partial charge is 0.123 e. The first kappa shape index (κ1) is 10.6. The summed E-state index contributed by atoms with van der Waals surface area (Å²) in [5.74, 6) is 6.24. The van der Waals surface area contributed by atoms with E-state index in [0.717, 1.165) is 32.4 Å². The SMILES string of the molecule is NN1CCC(Cc2ccc(F)cc2)CC1. The van der Waals surface area contributed by atoms with Crippen molar-refractivity contribution in [2.75, 3.05) is 13.1 Å². The van der Waals surface area contributed by atoms with Crippen LogP contribution in [0.4, 0.5) is 4.39 Å². The summed E-state index contributed by atoms with van der Waals surface area (Å²) in [6, 6.07) is 6.83. The molecule has 15 heavy (non-hydrogen) atoms. The molecule has 1 aromatic carbocycles. The standard InChI is InChI=1S/C12H17FN2/c13-12-3-1-10(2-4-12)9-11-5-7-15(14)8-6-11/h1-4,11H,5-9,14H2. The van der Waals surface area contributed by atoms with Gasteiger partial charge in [-0.05, 0) is 42.9 Å². The van der Waals surface area contributed by atoms with E-state index in [1.165, 1.54) is 17.7 Å². The minimum atomic E-state index is -0.157. The Kier molecular flexibility index (Phi) is 3.34. The van der Waals surface area contributed by atoms with Crippen molar-refractivity contribution in [2.45, 2.75) is 19.3 Å². The molecule has 2 nitrogen and oxygen atoms in total. The van der Waals surface area contributed by atoms with E-state index in [2.05, 4.69) is 0 Å². The normalized spacial score (nSPS) is 19.3. The number of halogens is 1. The molecule has 0 spiro atoms. The average molecular weight is 208 g/mol. The predicted octanol–water partition coefficient (Wildman–Crippen LogP) is 1.95. The van der Waals surface area contributed by atoms with Crippen LogP contribution in [0.1, 0.15) is 18.4 Å². The fourth-order valence-corrected chi connectivity index (χ4v) is 2.11. The van der Waals surface area contributed by atoms with E-state index in [1.807, 2.05) is 17.1 Å². The fourth-order valence-electron chi connectivity index (χ4n) is 2.11. The van der Waals surface area contributed by atoms with Gasteiger partial charge in [0.2, 0.25) is 0 Å². The molecular formula is C12H17FN2. The van der Waals surface area contributed by atoms with Crippen molar-refractivity contribution in [3.63, 3.8) is 0 Å². The first-order valence-electron chi connectivity index (χ1n) is 5.48. The van der Waals surface area contributed by atoms with Gasteiger partial charge in [-0.2, -0.15) is 0 Å². The van der Waals surface area contributed by atoms with E-state index >= 15 is 0 Å². The number of hydrogen-bond donors (Lipinski definition) is 1. The second kappa shape index (κ2) is 4.73. The van der Waals surface area contributed by atoms with E-state index in [0.29, 0.717) is 5.92 Å². The van der Waals surface area contributed by atoms with Gasteiger partial charge in [0.05, 0.1) is 0 Å². The van der Waals surface area contributed by atoms with Gasteiger partial charge < -0.3 is 0 Å². The minimum Gasteiger partial charge on any atom is -0.269 e. The number of nitrogens with two attached hydrogens (primary N) is 1. The molecular weight excluding hydrogens is 191 g/mol. The summed E-state index contributed by atoms with van der Waals surface area (Å²) in [5.41, 5.74) is 1.23. The van der Waals surface area contributed by atoms with Gasteiger partial charge in [0.1, 0.15) is 5.82 Å². The number of nitrogens with zero attached hydrogens (tertiary/aromatic N) is 1. The molecule has 0 radical (unpaired) electrons. The van der Waals surface area contributed by atoms with E-state index < -0.39 is 0 Å². The van der Waals surface area contributed by atoms with Crippen molar-refractivity contribution in [3.05, 3.63) is 35.6 Å². The largest absolute Gasteiger partial charge is 0.269 e. The van der Waals surface area contributed by atoms with Crippen LogP contribution in [0.25, 0.3) is 0 Å². The predicted molar refractivity (Wildman–Crippen MR) is 58.6 cm³/mol. The van der Waals surface area contributed by atoms with Crippen LogP contribution >= 0.6 is 0 Å². The zero-order valence-corrected chi connectivity index (χ0v) is 8.82. The van der Waals surface area contributed by atoms with Gasteiger partial charge in [0.15, 0.2) is 0 Å². The molecule has 1 aliphatic heterocycles. The third-order valence-corrected chi connectivity index (χ3v) is 3.09. The van der Waals surface area contributed by atoms with Crippen molar-refractivity contribution in [2.24, 2.45) is 11.8 Å². The first-order valence-corrected chi connectivity index (χ1v) is 5.48. The van der Waals surface area contributed by atoms with E-state index in [4.69, 9.17) is 5.84 Å². The van der Waals surface area contributed by atoms with Gasteiger partial charge in [-0.1, -0.05) is 12.1 Å². The van der Waals surface area contributed by atoms with Crippen LogP contribution in [0.2, 0.25) is 0 Å². The van der Waals surface area contributed by atoms with E-state index in [9.17, 15) is 4.39 Å². The van der Waals surface area contributed by atoms with E-state index in [1.54, 1.807) is 0 Å². The van der Waals surface area contributed by atoms with Crippen LogP contribution in [0, 0.1) is 11.7 Å². The molecule has 3 heteroatoms. The van der Waals surface area contributed by atoms with Crippen molar-refractivity contribution in [1.29, 1.82) is 0 Å².